The van der Waals surface area contributed by atoms with Crippen LogP contribution in [0.15, 0.2) is 45.7 Å². The lowest BCUT2D eigenvalue weighted by atomic mass is 10.1. The number of carbonyl (C=O) groups is 1. The first-order valence-corrected chi connectivity index (χ1v) is 8.42. The molecule has 0 aliphatic rings. The second kappa shape index (κ2) is 7.14. The first-order valence-electron chi connectivity index (χ1n) is 8.42. The number of hydrogen-bond acceptors (Lipinski definition) is 7. The maximum atomic E-state index is 12.0. The summed E-state index contributed by atoms with van der Waals surface area (Å²) in [5.74, 6) is 0.0142. The van der Waals surface area contributed by atoms with Crippen molar-refractivity contribution in [3.8, 4) is 23.0 Å². The molecule has 0 fully saturated rings. The van der Waals surface area contributed by atoms with Crippen LogP contribution in [0.4, 0.5) is 0 Å². The topological polar surface area (TPSA) is 100 Å². The number of nitrogens with zero attached hydrogens (tertiary/aromatic N) is 4. The molecule has 3 rings (SSSR count). The predicted octanol–water partition coefficient (Wildman–Crippen LogP) is 2.61. The molecule has 0 aliphatic carbocycles. The lowest BCUT2D eigenvalue weighted by Gasteiger charge is -2.19. The van der Waals surface area contributed by atoms with Gasteiger partial charge < -0.3 is 9.26 Å². The molecule has 0 amide bonds. The summed E-state index contributed by atoms with van der Waals surface area (Å²) in [6.45, 7) is 6.94. The zero-order valence-electron chi connectivity index (χ0n) is 15.6. The van der Waals surface area contributed by atoms with Gasteiger partial charge in [0.1, 0.15) is 17.8 Å². The van der Waals surface area contributed by atoms with Gasteiger partial charge in [0.25, 0.3) is 11.4 Å². The van der Waals surface area contributed by atoms with E-state index in [1.165, 1.54) is 12.1 Å². The monoisotopic (exact) mass is 368 g/mol. The van der Waals surface area contributed by atoms with E-state index in [0.717, 1.165) is 15.8 Å². The van der Waals surface area contributed by atoms with Gasteiger partial charge in [-0.05, 0) is 33.8 Å². The lowest BCUT2D eigenvalue weighted by molar-refractivity contribution is -0.155. The fourth-order valence-electron chi connectivity index (χ4n) is 2.32. The van der Waals surface area contributed by atoms with Crippen molar-refractivity contribution in [3.63, 3.8) is 0 Å². The molecule has 2 aromatic heterocycles. The Morgan fingerprint density at radius 3 is 2.52 bits per heavy atom. The van der Waals surface area contributed by atoms with E-state index in [2.05, 4.69) is 15.2 Å². The van der Waals surface area contributed by atoms with E-state index in [0.29, 0.717) is 11.5 Å². The fourth-order valence-corrected chi connectivity index (χ4v) is 2.32. The highest BCUT2D eigenvalue weighted by atomic mass is 16.6. The van der Waals surface area contributed by atoms with Crippen molar-refractivity contribution in [2.45, 2.75) is 39.8 Å². The predicted molar refractivity (Wildman–Crippen MR) is 97.8 cm³/mol. The highest BCUT2D eigenvalue weighted by Gasteiger charge is 2.18. The molecule has 140 valence electrons. The Bertz CT molecular complexity index is 1010. The van der Waals surface area contributed by atoms with Gasteiger partial charge in [-0.3, -0.25) is 9.59 Å². The number of hydrogen-bond donors (Lipinski definition) is 0. The van der Waals surface area contributed by atoms with Crippen LogP contribution in [0, 0.1) is 6.92 Å². The lowest BCUT2D eigenvalue weighted by Crippen LogP contribution is -2.31. The minimum Gasteiger partial charge on any atom is -0.459 e. The van der Waals surface area contributed by atoms with Crippen molar-refractivity contribution in [1.82, 2.24) is 19.9 Å². The van der Waals surface area contributed by atoms with Gasteiger partial charge in [0.15, 0.2) is 0 Å². The van der Waals surface area contributed by atoms with Gasteiger partial charge in [0.2, 0.25) is 5.82 Å². The van der Waals surface area contributed by atoms with Crippen LogP contribution in [0.1, 0.15) is 26.3 Å². The molecule has 0 saturated heterocycles. The SMILES string of the molecule is Cc1ccc(-c2noc(-c3ccc(=O)n(CC(=O)OC(C)(C)C)n3)n2)cc1. The summed E-state index contributed by atoms with van der Waals surface area (Å²) in [4.78, 5) is 28.3. The van der Waals surface area contributed by atoms with Gasteiger partial charge in [-0.2, -0.15) is 10.1 Å². The normalized spacial score (nSPS) is 11.4. The summed E-state index contributed by atoms with van der Waals surface area (Å²) in [5, 5.41) is 8.09. The van der Waals surface area contributed by atoms with Crippen LogP contribution in [0.3, 0.4) is 0 Å². The molecule has 8 heteroatoms. The molecule has 0 radical (unpaired) electrons. The first kappa shape index (κ1) is 18.5. The largest absolute Gasteiger partial charge is 0.459 e. The molecule has 1 aromatic carbocycles. The Morgan fingerprint density at radius 1 is 1.15 bits per heavy atom. The molecular formula is C19H20N4O4. The molecule has 0 spiro atoms. The average molecular weight is 368 g/mol. The van der Waals surface area contributed by atoms with Crippen molar-refractivity contribution in [3.05, 3.63) is 52.3 Å². The Kier molecular flexibility index (Phi) is 4.89. The Hall–Kier alpha value is -3.29. The summed E-state index contributed by atoms with van der Waals surface area (Å²) < 4.78 is 11.5. The molecule has 2 heterocycles. The van der Waals surface area contributed by atoms with E-state index in [9.17, 15) is 9.59 Å². The number of aromatic nitrogens is 4. The smallest absolute Gasteiger partial charge is 0.328 e. The number of carbonyl (C=O) groups excluding carboxylic acids is 1. The van der Waals surface area contributed by atoms with E-state index in [1.54, 1.807) is 20.8 Å². The van der Waals surface area contributed by atoms with Crippen molar-refractivity contribution in [2.75, 3.05) is 0 Å². The molecule has 0 bridgehead atoms. The molecule has 27 heavy (non-hydrogen) atoms. The van der Waals surface area contributed by atoms with Crippen LogP contribution < -0.4 is 5.56 Å². The number of rotatable bonds is 4. The third-order valence-electron chi connectivity index (χ3n) is 3.52. The van der Waals surface area contributed by atoms with E-state index in [-0.39, 0.29) is 12.4 Å². The van der Waals surface area contributed by atoms with Gasteiger partial charge in [0, 0.05) is 11.6 Å². The summed E-state index contributed by atoms with van der Waals surface area (Å²) in [5.41, 5.74) is 1.15. The minimum atomic E-state index is -0.645. The molecule has 8 nitrogen and oxygen atoms in total. The third kappa shape index (κ3) is 4.66. The Morgan fingerprint density at radius 2 is 1.85 bits per heavy atom. The summed E-state index contributed by atoms with van der Waals surface area (Å²) in [6.07, 6.45) is 0. The van der Waals surface area contributed by atoms with Gasteiger partial charge in [-0.15, -0.1) is 0 Å². The van der Waals surface area contributed by atoms with E-state index in [1.807, 2.05) is 31.2 Å². The van der Waals surface area contributed by atoms with Gasteiger partial charge in [0.05, 0.1) is 0 Å². The molecular weight excluding hydrogens is 348 g/mol. The molecule has 0 N–H and O–H groups in total. The minimum absolute atomic E-state index is 0.156. The highest BCUT2D eigenvalue weighted by molar-refractivity contribution is 5.69. The second-order valence-corrected chi connectivity index (χ2v) is 7.09. The molecule has 3 aromatic rings. The average Bonchev–Trinajstić information content (AvgIpc) is 3.06. The van der Waals surface area contributed by atoms with Crippen LogP contribution in [0.5, 0.6) is 0 Å². The van der Waals surface area contributed by atoms with Crippen LogP contribution in [-0.2, 0) is 16.1 Å². The van der Waals surface area contributed by atoms with Gasteiger partial charge in [-0.1, -0.05) is 35.0 Å². The summed E-state index contributed by atoms with van der Waals surface area (Å²) in [6, 6.07) is 10.4. The van der Waals surface area contributed by atoms with E-state index in [4.69, 9.17) is 9.26 Å². The quantitative estimate of drug-likeness (QED) is 0.653. The summed E-state index contributed by atoms with van der Waals surface area (Å²) in [7, 11) is 0. The zero-order chi connectivity index (χ0) is 19.6. The summed E-state index contributed by atoms with van der Waals surface area (Å²) >= 11 is 0. The Labute approximate surface area is 155 Å². The molecule has 0 unspecified atom stereocenters. The Balaban J connectivity index is 1.85. The number of esters is 1. The van der Waals surface area contributed by atoms with Crippen LogP contribution >= 0.6 is 0 Å². The standard InChI is InChI=1S/C19H20N4O4/c1-12-5-7-13(8-6-12)17-20-18(27-22-17)14-9-10-15(24)23(21-14)11-16(25)26-19(2,3)4/h5-10H,11H2,1-4H3. The van der Waals surface area contributed by atoms with Crippen molar-refractivity contribution in [2.24, 2.45) is 0 Å². The maximum absolute atomic E-state index is 12.0. The fraction of sp³-hybridized carbons (Fsp3) is 0.316. The molecule has 0 atom stereocenters. The third-order valence-corrected chi connectivity index (χ3v) is 3.52. The number of ether oxygens (including phenoxy) is 1. The van der Waals surface area contributed by atoms with Crippen LogP contribution in [0.25, 0.3) is 23.0 Å². The zero-order valence-corrected chi connectivity index (χ0v) is 15.6. The van der Waals surface area contributed by atoms with Crippen LogP contribution in [0.2, 0.25) is 0 Å². The van der Waals surface area contributed by atoms with Crippen molar-refractivity contribution < 1.29 is 14.1 Å². The molecule has 0 aliphatic heterocycles. The second-order valence-electron chi connectivity index (χ2n) is 7.09. The molecule has 0 saturated carbocycles. The first-order chi connectivity index (χ1) is 12.7. The van der Waals surface area contributed by atoms with E-state index >= 15 is 0 Å². The van der Waals surface area contributed by atoms with Gasteiger partial charge in [-0.25, -0.2) is 4.68 Å². The number of aryl methyl sites for hydroxylation is 1. The van der Waals surface area contributed by atoms with E-state index < -0.39 is 17.1 Å². The number of benzene rings is 1. The maximum Gasteiger partial charge on any atom is 0.328 e. The van der Waals surface area contributed by atoms with Crippen molar-refractivity contribution >= 4 is 5.97 Å². The van der Waals surface area contributed by atoms with Crippen molar-refractivity contribution in [1.29, 1.82) is 0 Å². The highest BCUT2D eigenvalue weighted by Crippen LogP contribution is 2.20. The van der Waals surface area contributed by atoms with Gasteiger partial charge >= 0.3 is 5.97 Å². The van der Waals surface area contributed by atoms with Crippen LogP contribution in [-0.4, -0.2) is 31.5 Å².